The first-order valence-electron chi connectivity index (χ1n) is 5.33. The van der Waals surface area contributed by atoms with Crippen LogP contribution in [0.3, 0.4) is 0 Å². The smallest absolute Gasteiger partial charge is 0.213 e. The number of ether oxygens (including phenoxy) is 1. The molecule has 0 aliphatic carbocycles. The van der Waals surface area contributed by atoms with E-state index in [9.17, 15) is 8.42 Å². The average molecular weight is 261 g/mol. The number of nitrogens with zero attached hydrogens (tertiary/aromatic N) is 2. The van der Waals surface area contributed by atoms with Gasteiger partial charge in [-0.1, -0.05) is 0 Å². The van der Waals surface area contributed by atoms with Gasteiger partial charge in [0, 0.05) is 32.6 Å². The third-order valence-corrected chi connectivity index (χ3v) is 3.75. The van der Waals surface area contributed by atoms with E-state index in [4.69, 9.17) is 4.74 Å². The highest BCUT2D eigenvalue weighted by Gasteiger charge is 2.20. The number of rotatable bonds is 7. The molecule has 0 fully saturated rings. The molecule has 0 aliphatic heterocycles. The van der Waals surface area contributed by atoms with Gasteiger partial charge in [-0.2, -0.15) is 0 Å². The summed E-state index contributed by atoms with van der Waals surface area (Å²) in [6, 6.07) is 0. The van der Waals surface area contributed by atoms with Crippen LogP contribution in [-0.4, -0.2) is 43.0 Å². The van der Waals surface area contributed by atoms with Crippen LogP contribution in [-0.2, 0) is 21.3 Å². The molecule has 1 N–H and O–H groups in total. The maximum atomic E-state index is 11.7. The molecule has 1 aromatic rings. The topological polar surface area (TPSA) is 73.2 Å². The largest absolute Gasteiger partial charge is 0.377 e. The van der Waals surface area contributed by atoms with Crippen LogP contribution in [0.15, 0.2) is 18.7 Å². The number of hydrogen-bond acceptors (Lipinski definition) is 4. The minimum atomic E-state index is -3.28. The maximum Gasteiger partial charge on any atom is 0.213 e. The number of aryl methyl sites for hydroxylation is 1. The number of hydrogen-bond donors (Lipinski definition) is 1. The predicted octanol–water partition coefficient (Wildman–Crippen LogP) is 0.227. The van der Waals surface area contributed by atoms with Crippen molar-refractivity contribution in [1.82, 2.24) is 14.3 Å². The van der Waals surface area contributed by atoms with Gasteiger partial charge >= 0.3 is 0 Å². The molecule has 0 spiro atoms. The van der Waals surface area contributed by atoms with Crippen molar-refractivity contribution in [3.8, 4) is 0 Å². The maximum absolute atomic E-state index is 11.7. The van der Waals surface area contributed by atoms with Gasteiger partial charge in [0.15, 0.2) is 0 Å². The van der Waals surface area contributed by atoms with Gasteiger partial charge in [-0.15, -0.1) is 0 Å². The van der Waals surface area contributed by atoms with Crippen molar-refractivity contribution >= 4 is 10.0 Å². The molecule has 0 saturated heterocycles. The lowest BCUT2D eigenvalue weighted by atomic mass is 10.1. The molecule has 0 aromatic carbocycles. The highest BCUT2D eigenvalue weighted by molar-refractivity contribution is 7.89. The Morgan fingerprint density at radius 2 is 2.18 bits per heavy atom. The lowest BCUT2D eigenvalue weighted by Gasteiger charge is -2.23. The number of methoxy groups -OCH3 is 1. The zero-order valence-corrected chi connectivity index (χ0v) is 11.2. The van der Waals surface area contributed by atoms with E-state index in [2.05, 4.69) is 9.71 Å². The van der Waals surface area contributed by atoms with E-state index in [0.29, 0.717) is 6.54 Å². The van der Waals surface area contributed by atoms with E-state index in [-0.39, 0.29) is 12.3 Å². The van der Waals surface area contributed by atoms with Gasteiger partial charge < -0.3 is 9.30 Å². The van der Waals surface area contributed by atoms with Crippen LogP contribution in [0.5, 0.6) is 0 Å². The highest BCUT2D eigenvalue weighted by Crippen LogP contribution is 2.05. The minimum Gasteiger partial charge on any atom is -0.377 e. The summed E-state index contributed by atoms with van der Waals surface area (Å²) < 4.78 is 32.8. The second-order valence-corrected chi connectivity index (χ2v) is 6.33. The summed E-state index contributed by atoms with van der Waals surface area (Å²) in [4.78, 5) is 3.85. The van der Waals surface area contributed by atoms with Crippen LogP contribution in [0.25, 0.3) is 0 Å². The van der Waals surface area contributed by atoms with Gasteiger partial charge in [0.05, 0.1) is 17.7 Å². The van der Waals surface area contributed by atoms with Crippen LogP contribution in [0, 0.1) is 0 Å². The fourth-order valence-corrected chi connectivity index (χ4v) is 2.24. The van der Waals surface area contributed by atoms with Gasteiger partial charge in [0.1, 0.15) is 0 Å². The van der Waals surface area contributed by atoms with Gasteiger partial charge in [-0.3, -0.25) is 0 Å². The van der Waals surface area contributed by atoms with Gasteiger partial charge in [-0.25, -0.2) is 18.1 Å². The Morgan fingerprint density at radius 3 is 2.71 bits per heavy atom. The van der Waals surface area contributed by atoms with E-state index < -0.39 is 15.6 Å². The van der Waals surface area contributed by atoms with Crippen molar-refractivity contribution < 1.29 is 13.2 Å². The van der Waals surface area contributed by atoms with Crippen molar-refractivity contribution in [1.29, 1.82) is 0 Å². The van der Waals surface area contributed by atoms with Crippen LogP contribution in [0.1, 0.15) is 13.8 Å². The monoisotopic (exact) mass is 261 g/mol. The number of sulfonamides is 1. The van der Waals surface area contributed by atoms with E-state index in [1.165, 1.54) is 0 Å². The molecule has 1 rings (SSSR count). The Balaban J connectivity index is 2.41. The van der Waals surface area contributed by atoms with Gasteiger partial charge in [0.2, 0.25) is 10.0 Å². The lowest BCUT2D eigenvalue weighted by molar-refractivity contribution is 0.0276. The van der Waals surface area contributed by atoms with Crippen molar-refractivity contribution in [3.63, 3.8) is 0 Å². The van der Waals surface area contributed by atoms with Crippen molar-refractivity contribution in [3.05, 3.63) is 18.7 Å². The highest BCUT2D eigenvalue weighted by atomic mass is 32.2. The van der Waals surface area contributed by atoms with Crippen LogP contribution >= 0.6 is 0 Å². The Bertz CT molecular complexity index is 426. The Hall–Kier alpha value is -0.920. The van der Waals surface area contributed by atoms with E-state index in [0.717, 1.165) is 0 Å². The molecule has 0 atom stereocenters. The third-order valence-electron chi connectivity index (χ3n) is 2.45. The third kappa shape index (κ3) is 5.29. The number of nitrogens with one attached hydrogen (secondary N) is 1. The molecule has 0 bridgehead atoms. The molecule has 0 saturated carbocycles. The van der Waals surface area contributed by atoms with Crippen LogP contribution < -0.4 is 4.72 Å². The number of imidazole rings is 1. The van der Waals surface area contributed by atoms with Gasteiger partial charge in [0.25, 0.3) is 0 Å². The average Bonchev–Trinajstić information content (AvgIpc) is 2.77. The Kier molecular flexibility index (Phi) is 4.67. The Morgan fingerprint density at radius 1 is 1.47 bits per heavy atom. The normalized spacial score (nSPS) is 12.9. The SMILES string of the molecule is COC(C)(C)CNS(=O)(=O)CCn1ccnc1. The standard InChI is InChI=1S/C10H19N3O3S/c1-10(2,16-3)8-12-17(14,15)7-6-13-5-4-11-9-13/h4-5,9,12H,6-8H2,1-3H3. The fraction of sp³-hybridized carbons (Fsp3) is 0.700. The predicted molar refractivity (Wildman–Crippen MR) is 65.1 cm³/mol. The molecule has 1 heterocycles. The Labute approximate surface area is 102 Å². The molecule has 0 amide bonds. The molecule has 0 unspecified atom stereocenters. The molecular weight excluding hydrogens is 242 g/mol. The molecule has 6 nitrogen and oxygen atoms in total. The van der Waals surface area contributed by atoms with Crippen molar-refractivity contribution in [2.24, 2.45) is 0 Å². The van der Waals surface area contributed by atoms with E-state index in [1.807, 2.05) is 13.8 Å². The van der Waals surface area contributed by atoms with Crippen molar-refractivity contribution in [2.45, 2.75) is 26.0 Å². The zero-order chi connectivity index (χ0) is 12.9. The minimum absolute atomic E-state index is 0.0309. The quantitative estimate of drug-likeness (QED) is 0.762. The van der Waals surface area contributed by atoms with Crippen molar-refractivity contribution in [2.75, 3.05) is 19.4 Å². The van der Waals surface area contributed by atoms with Crippen LogP contribution in [0.4, 0.5) is 0 Å². The lowest BCUT2D eigenvalue weighted by Crippen LogP contribution is -2.41. The first-order valence-corrected chi connectivity index (χ1v) is 6.98. The zero-order valence-electron chi connectivity index (χ0n) is 10.4. The van der Waals surface area contributed by atoms with E-state index >= 15 is 0 Å². The summed E-state index contributed by atoms with van der Waals surface area (Å²) in [5, 5.41) is 0. The first kappa shape index (κ1) is 14.1. The fourth-order valence-electron chi connectivity index (χ4n) is 1.07. The second kappa shape index (κ2) is 5.61. The summed E-state index contributed by atoms with van der Waals surface area (Å²) in [5.74, 6) is 0.0309. The molecule has 1 aromatic heterocycles. The summed E-state index contributed by atoms with van der Waals surface area (Å²) in [6.45, 7) is 4.30. The molecule has 17 heavy (non-hydrogen) atoms. The first-order chi connectivity index (χ1) is 7.85. The second-order valence-electron chi connectivity index (χ2n) is 4.40. The molecular formula is C10H19N3O3S. The summed E-state index contributed by atoms with van der Waals surface area (Å²) in [6.07, 6.45) is 4.94. The number of aromatic nitrogens is 2. The molecule has 0 aliphatic rings. The van der Waals surface area contributed by atoms with Crippen LogP contribution in [0.2, 0.25) is 0 Å². The molecule has 7 heteroatoms. The van der Waals surface area contributed by atoms with Gasteiger partial charge in [-0.05, 0) is 13.8 Å². The van der Waals surface area contributed by atoms with E-state index in [1.54, 1.807) is 30.4 Å². The summed E-state index contributed by atoms with van der Waals surface area (Å²) in [5.41, 5.74) is -0.498. The molecule has 98 valence electrons. The molecule has 0 radical (unpaired) electrons. The summed E-state index contributed by atoms with van der Waals surface area (Å²) >= 11 is 0. The summed E-state index contributed by atoms with van der Waals surface area (Å²) in [7, 11) is -1.72.